The van der Waals surface area contributed by atoms with Crippen molar-refractivity contribution in [2.24, 2.45) is 0 Å². The molecule has 1 aromatic carbocycles. The first-order valence-electron chi connectivity index (χ1n) is 6.20. The van der Waals surface area contributed by atoms with Crippen molar-refractivity contribution in [1.82, 2.24) is 10.2 Å². The van der Waals surface area contributed by atoms with Gasteiger partial charge in [0.25, 0.3) is 5.91 Å². The maximum absolute atomic E-state index is 12.1. The molecular weight excluding hydrogens is 228 g/mol. The van der Waals surface area contributed by atoms with Crippen LogP contribution in [0.1, 0.15) is 23.2 Å². The van der Waals surface area contributed by atoms with E-state index in [1.54, 1.807) is 18.2 Å². The average molecular weight is 248 g/mol. The van der Waals surface area contributed by atoms with Gasteiger partial charge in [0.05, 0.1) is 5.56 Å². The van der Waals surface area contributed by atoms with Crippen LogP contribution >= 0.6 is 0 Å². The molecule has 5 N–H and O–H groups in total. The zero-order valence-corrected chi connectivity index (χ0v) is 10.6. The molecular formula is C13H20N4O. The summed E-state index contributed by atoms with van der Waals surface area (Å²) < 4.78 is 0. The number of carbonyl (C=O) groups is 1. The Hall–Kier alpha value is -1.75. The van der Waals surface area contributed by atoms with Gasteiger partial charge >= 0.3 is 0 Å². The maximum atomic E-state index is 12.1. The lowest BCUT2D eigenvalue weighted by Gasteiger charge is -2.29. The van der Waals surface area contributed by atoms with Gasteiger partial charge in [-0.1, -0.05) is 0 Å². The molecule has 5 heteroatoms. The lowest BCUT2D eigenvalue weighted by atomic mass is 10.0. The molecule has 0 aromatic heterocycles. The van der Waals surface area contributed by atoms with Gasteiger partial charge < -0.3 is 21.7 Å². The third kappa shape index (κ3) is 2.92. The number of nitrogens with one attached hydrogen (secondary N) is 1. The molecule has 2 rings (SSSR count). The van der Waals surface area contributed by atoms with Crippen molar-refractivity contribution >= 4 is 17.3 Å². The molecule has 1 saturated heterocycles. The Bertz CT molecular complexity index is 439. The molecule has 0 saturated carbocycles. The van der Waals surface area contributed by atoms with Crippen LogP contribution in [0, 0.1) is 0 Å². The fourth-order valence-corrected chi connectivity index (χ4v) is 2.20. The summed E-state index contributed by atoms with van der Waals surface area (Å²) in [5.41, 5.74) is 12.9. The fraction of sp³-hybridized carbons (Fsp3) is 0.462. The van der Waals surface area contributed by atoms with Crippen LogP contribution in [0.5, 0.6) is 0 Å². The third-order valence-electron chi connectivity index (χ3n) is 3.37. The van der Waals surface area contributed by atoms with E-state index in [2.05, 4.69) is 17.3 Å². The number of benzene rings is 1. The Morgan fingerprint density at radius 2 is 2.00 bits per heavy atom. The van der Waals surface area contributed by atoms with E-state index in [1.165, 1.54) is 0 Å². The van der Waals surface area contributed by atoms with Crippen LogP contribution < -0.4 is 16.8 Å². The molecule has 5 nitrogen and oxygen atoms in total. The normalized spacial score (nSPS) is 17.6. The number of piperidine rings is 1. The van der Waals surface area contributed by atoms with Gasteiger partial charge in [0.1, 0.15) is 0 Å². The van der Waals surface area contributed by atoms with E-state index in [1.807, 2.05) is 0 Å². The molecule has 0 spiro atoms. The van der Waals surface area contributed by atoms with Gasteiger partial charge in [0.2, 0.25) is 0 Å². The number of nitrogens with two attached hydrogens (primary N) is 2. The van der Waals surface area contributed by atoms with Crippen molar-refractivity contribution in [3.05, 3.63) is 23.8 Å². The quantitative estimate of drug-likeness (QED) is 0.672. The number of likely N-dealkylation sites (tertiary alicyclic amines) is 1. The number of hydrogen-bond acceptors (Lipinski definition) is 4. The van der Waals surface area contributed by atoms with E-state index < -0.39 is 0 Å². The first kappa shape index (κ1) is 12.7. The first-order valence-corrected chi connectivity index (χ1v) is 6.20. The topological polar surface area (TPSA) is 84.4 Å². The SMILES string of the molecule is CN1CCC(NC(=O)c2ccc(N)cc2N)CC1. The zero-order chi connectivity index (χ0) is 13.1. The van der Waals surface area contributed by atoms with Gasteiger partial charge in [-0.15, -0.1) is 0 Å². The summed E-state index contributed by atoms with van der Waals surface area (Å²) in [6.45, 7) is 2.03. The number of hydrogen-bond donors (Lipinski definition) is 3. The average Bonchev–Trinajstić information content (AvgIpc) is 2.32. The van der Waals surface area contributed by atoms with Crippen molar-refractivity contribution < 1.29 is 4.79 Å². The summed E-state index contributed by atoms with van der Waals surface area (Å²) in [5.74, 6) is -0.109. The minimum atomic E-state index is -0.109. The van der Waals surface area contributed by atoms with Crippen molar-refractivity contribution in [1.29, 1.82) is 0 Å². The molecule has 1 aliphatic rings. The maximum Gasteiger partial charge on any atom is 0.253 e. The third-order valence-corrected chi connectivity index (χ3v) is 3.37. The standard InChI is InChI=1S/C13H20N4O/c1-17-6-4-10(5-7-17)16-13(18)11-3-2-9(14)8-12(11)15/h2-3,8,10H,4-7,14-15H2,1H3,(H,16,18). The van der Waals surface area contributed by atoms with Gasteiger partial charge in [-0.2, -0.15) is 0 Å². The molecule has 1 fully saturated rings. The van der Waals surface area contributed by atoms with Crippen LogP contribution in [0.15, 0.2) is 18.2 Å². The number of nitrogens with zero attached hydrogens (tertiary/aromatic N) is 1. The molecule has 0 unspecified atom stereocenters. The Labute approximate surface area is 107 Å². The summed E-state index contributed by atoms with van der Waals surface area (Å²) in [4.78, 5) is 14.3. The smallest absolute Gasteiger partial charge is 0.253 e. The predicted octanol–water partition coefficient (Wildman–Crippen LogP) is 0.675. The van der Waals surface area contributed by atoms with Crippen LogP contribution in [0.4, 0.5) is 11.4 Å². The highest BCUT2D eigenvalue weighted by Gasteiger charge is 2.19. The van der Waals surface area contributed by atoms with E-state index in [0.29, 0.717) is 16.9 Å². The number of rotatable bonds is 2. The molecule has 1 heterocycles. The summed E-state index contributed by atoms with van der Waals surface area (Å²) in [5, 5.41) is 3.03. The van der Waals surface area contributed by atoms with Gasteiger partial charge in [-0.05, 0) is 51.2 Å². The second-order valence-electron chi connectivity index (χ2n) is 4.90. The van der Waals surface area contributed by atoms with Crippen molar-refractivity contribution in [3.8, 4) is 0 Å². The molecule has 18 heavy (non-hydrogen) atoms. The second kappa shape index (κ2) is 5.27. The van der Waals surface area contributed by atoms with Crippen molar-refractivity contribution in [2.75, 3.05) is 31.6 Å². The van der Waals surface area contributed by atoms with E-state index >= 15 is 0 Å². The Morgan fingerprint density at radius 1 is 1.33 bits per heavy atom. The van der Waals surface area contributed by atoms with Crippen LogP contribution in [0.25, 0.3) is 0 Å². The fourth-order valence-electron chi connectivity index (χ4n) is 2.20. The molecule has 0 bridgehead atoms. The monoisotopic (exact) mass is 248 g/mol. The summed E-state index contributed by atoms with van der Waals surface area (Å²) in [6, 6.07) is 5.23. The summed E-state index contributed by atoms with van der Waals surface area (Å²) in [6.07, 6.45) is 1.97. The highest BCUT2D eigenvalue weighted by atomic mass is 16.1. The van der Waals surface area contributed by atoms with Gasteiger partial charge in [0, 0.05) is 17.4 Å². The van der Waals surface area contributed by atoms with Gasteiger partial charge in [-0.25, -0.2) is 0 Å². The highest BCUT2D eigenvalue weighted by Crippen LogP contribution is 2.16. The summed E-state index contributed by atoms with van der Waals surface area (Å²) >= 11 is 0. The predicted molar refractivity (Wildman–Crippen MR) is 73.3 cm³/mol. The molecule has 1 aliphatic heterocycles. The van der Waals surface area contributed by atoms with Crippen LogP contribution in [0.2, 0.25) is 0 Å². The van der Waals surface area contributed by atoms with Crippen LogP contribution in [-0.4, -0.2) is 37.0 Å². The minimum absolute atomic E-state index is 0.109. The second-order valence-corrected chi connectivity index (χ2v) is 4.90. The molecule has 1 amide bonds. The van der Waals surface area contributed by atoms with E-state index in [4.69, 9.17) is 11.5 Å². The van der Waals surface area contributed by atoms with Crippen LogP contribution in [-0.2, 0) is 0 Å². The Kier molecular flexibility index (Phi) is 3.72. The van der Waals surface area contributed by atoms with E-state index in [9.17, 15) is 4.79 Å². The number of amides is 1. The lowest BCUT2D eigenvalue weighted by Crippen LogP contribution is -2.43. The molecule has 0 aliphatic carbocycles. The van der Waals surface area contributed by atoms with Crippen molar-refractivity contribution in [2.45, 2.75) is 18.9 Å². The zero-order valence-electron chi connectivity index (χ0n) is 10.6. The van der Waals surface area contributed by atoms with Crippen molar-refractivity contribution in [3.63, 3.8) is 0 Å². The number of nitrogen functional groups attached to an aromatic ring is 2. The Morgan fingerprint density at radius 3 is 2.61 bits per heavy atom. The minimum Gasteiger partial charge on any atom is -0.399 e. The molecule has 1 aromatic rings. The number of anilines is 2. The molecule has 0 radical (unpaired) electrons. The first-order chi connectivity index (χ1) is 8.56. The largest absolute Gasteiger partial charge is 0.399 e. The lowest BCUT2D eigenvalue weighted by molar-refractivity contribution is 0.0918. The summed E-state index contributed by atoms with van der Waals surface area (Å²) in [7, 11) is 2.09. The van der Waals surface area contributed by atoms with Gasteiger partial charge in [0.15, 0.2) is 0 Å². The molecule has 98 valence electrons. The van der Waals surface area contributed by atoms with Crippen LogP contribution in [0.3, 0.4) is 0 Å². The highest BCUT2D eigenvalue weighted by molar-refractivity contribution is 5.99. The van der Waals surface area contributed by atoms with E-state index in [0.717, 1.165) is 25.9 Å². The molecule has 0 atom stereocenters. The number of carbonyl (C=O) groups excluding carboxylic acids is 1. The van der Waals surface area contributed by atoms with Gasteiger partial charge in [-0.3, -0.25) is 4.79 Å². The van der Waals surface area contributed by atoms with E-state index in [-0.39, 0.29) is 11.9 Å². The Balaban J connectivity index is 1.99.